The molecular weight excluding hydrogens is 403 g/mol. The van der Waals surface area contributed by atoms with E-state index in [0.717, 1.165) is 0 Å². The first-order chi connectivity index (χ1) is 6.45. The van der Waals surface area contributed by atoms with Gasteiger partial charge in [0.05, 0.1) is 0 Å². The van der Waals surface area contributed by atoms with Gasteiger partial charge in [0.25, 0.3) is 0 Å². The van der Waals surface area contributed by atoms with E-state index in [1.165, 1.54) is 5.19 Å². The molecule has 0 radical (unpaired) electrons. The van der Waals surface area contributed by atoms with Gasteiger partial charge in [0.2, 0.25) is 0 Å². The SMILES string of the molecule is C1=CC([CH-][SiH2]c2ccccc2)C=C1.[CH3-].[CH3-].[CH3-].[Pt+4]. The summed E-state index contributed by atoms with van der Waals surface area (Å²) in [5, 5.41) is 1.52. The molecule has 1 aliphatic rings. The molecule has 0 unspecified atom stereocenters. The second-order valence-electron chi connectivity index (χ2n) is 3.27. The smallest absolute Gasteiger partial charge is 0.358 e. The minimum absolute atomic E-state index is 0. The Morgan fingerprint density at radius 1 is 0.882 bits per heavy atom. The summed E-state index contributed by atoms with van der Waals surface area (Å²) in [6.07, 6.45) is 8.74. The quantitative estimate of drug-likeness (QED) is 0.516. The van der Waals surface area contributed by atoms with Gasteiger partial charge in [0.1, 0.15) is 0 Å². The molecule has 0 aliphatic heterocycles. The van der Waals surface area contributed by atoms with Gasteiger partial charge in [-0.3, -0.25) is 0 Å². The average molecular weight is 426 g/mol. The van der Waals surface area contributed by atoms with Gasteiger partial charge in [-0.1, -0.05) is 57.2 Å². The van der Waals surface area contributed by atoms with E-state index >= 15 is 0 Å². The standard InChI is InChI=1S/C12H13Si.3CH3.Pt/c1-2-8-12(9-3-1)13-10-11-6-4-5-7-11;;;;/h1-11H,13H2;3*1H3;/q4*-1;+4. The van der Waals surface area contributed by atoms with E-state index in [9.17, 15) is 0 Å². The van der Waals surface area contributed by atoms with Gasteiger partial charge in [-0.25, -0.2) is 0 Å². The number of hydrogen-bond acceptors (Lipinski definition) is 0. The van der Waals surface area contributed by atoms with E-state index in [-0.39, 0.29) is 52.9 Å². The van der Waals surface area contributed by atoms with Crippen molar-refractivity contribution in [3.8, 4) is 0 Å². The molecule has 0 nitrogen and oxygen atoms in total. The van der Waals surface area contributed by atoms with Gasteiger partial charge in [-0.2, -0.15) is 0 Å². The average Bonchev–Trinajstić information content (AvgIpc) is 2.69. The van der Waals surface area contributed by atoms with Gasteiger partial charge in [0.15, 0.2) is 0 Å². The zero-order valence-corrected chi connectivity index (χ0v) is 14.6. The number of benzene rings is 1. The van der Waals surface area contributed by atoms with Crippen LogP contribution in [0.15, 0.2) is 54.6 Å². The Labute approximate surface area is 124 Å². The Kier molecular flexibility index (Phi) is 15.5. The molecule has 2 rings (SSSR count). The van der Waals surface area contributed by atoms with Gasteiger partial charge >= 0.3 is 21.1 Å². The second-order valence-corrected chi connectivity index (χ2v) is 4.97. The van der Waals surface area contributed by atoms with Crippen LogP contribution in [0.4, 0.5) is 0 Å². The predicted molar refractivity (Wildman–Crippen MR) is 79.9 cm³/mol. The van der Waals surface area contributed by atoms with Crippen LogP contribution in [0.25, 0.3) is 0 Å². The molecule has 0 N–H and O–H groups in total. The fraction of sp³-hybridized carbons (Fsp3) is 0.0667. The molecule has 96 valence electrons. The molecule has 0 saturated heterocycles. The van der Waals surface area contributed by atoms with Crippen molar-refractivity contribution < 1.29 is 21.1 Å². The topological polar surface area (TPSA) is 0 Å². The summed E-state index contributed by atoms with van der Waals surface area (Å²) in [6, 6.07) is 13.2. The van der Waals surface area contributed by atoms with E-state index in [1.54, 1.807) is 0 Å². The first-order valence-corrected chi connectivity index (χ1v) is 6.20. The van der Waals surface area contributed by atoms with E-state index < -0.39 is 0 Å². The van der Waals surface area contributed by atoms with E-state index in [4.69, 9.17) is 0 Å². The van der Waals surface area contributed by atoms with Crippen molar-refractivity contribution in [1.82, 2.24) is 0 Å². The van der Waals surface area contributed by atoms with Crippen LogP contribution < -0.4 is 5.19 Å². The molecule has 0 saturated carbocycles. The van der Waals surface area contributed by atoms with Gasteiger partial charge in [0, 0.05) is 0 Å². The first kappa shape index (κ1) is 21.8. The third-order valence-electron chi connectivity index (χ3n) is 2.25. The van der Waals surface area contributed by atoms with E-state index in [0.29, 0.717) is 5.92 Å². The van der Waals surface area contributed by atoms with Crippen LogP contribution in [0.3, 0.4) is 0 Å². The molecule has 2 heteroatoms. The first-order valence-electron chi connectivity index (χ1n) is 4.67. The van der Waals surface area contributed by atoms with Gasteiger partial charge < -0.3 is 28.3 Å². The fourth-order valence-corrected chi connectivity index (χ4v) is 2.90. The molecule has 0 fully saturated rings. The maximum absolute atomic E-state index is 2.47. The van der Waals surface area contributed by atoms with Crippen molar-refractivity contribution >= 4 is 14.7 Å². The fourth-order valence-electron chi connectivity index (χ4n) is 1.49. The van der Waals surface area contributed by atoms with Crippen LogP contribution in [0.1, 0.15) is 0 Å². The number of rotatable bonds is 3. The summed E-state index contributed by atoms with van der Waals surface area (Å²) in [5.41, 5.74) is 0. The molecule has 0 heterocycles. The zero-order valence-electron chi connectivity index (χ0n) is 10.9. The minimum atomic E-state index is -0.168. The summed E-state index contributed by atoms with van der Waals surface area (Å²) in [7, 11) is -0.168. The van der Waals surface area contributed by atoms with Crippen molar-refractivity contribution in [3.05, 3.63) is 83.0 Å². The zero-order chi connectivity index (χ0) is 8.93. The van der Waals surface area contributed by atoms with Crippen molar-refractivity contribution in [2.24, 2.45) is 5.92 Å². The van der Waals surface area contributed by atoms with Crippen molar-refractivity contribution in [3.63, 3.8) is 0 Å². The molecule has 0 bridgehead atoms. The molecule has 17 heavy (non-hydrogen) atoms. The summed E-state index contributed by atoms with van der Waals surface area (Å²) in [5.74, 6) is 0.604. The summed E-state index contributed by atoms with van der Waals surface area (Å²) < 4.78 is 0. The predicted octanol–water partition coefficient (Wildman–Crippen LogP) is 2.73. The molecule has 0 aromatic heterocycles. The van der Waals surface area contributed by atoms with Crippen LogP contribution in [0.5, 0.6) is 0 Å². The summed E-state index contributed by atoms with van der Waals surface area (Å²) in [4.78, 5) is 0. The third-order valence-corrected chi connectivity index (χ3v) is 3.97. The molecule has 0 atom stereocenters. The molecular formula is C15H22PtSi. The van der Waals surface area contributed by atoms with E-state index in [2.05, 4.69) is 60.7 Å². The number of hydrogen-bond donors (Lipinski definition) is 0. The van der Waals surface area contributed by atoms with Gasteiger partial charge in [-0.05, 0) is 0 Å². The molecule has 1 aromatic carbocycles. The second kappa shape index (κ2) is 12.1. The Bertz CT molecular complexity index is 305. The monoisotopic (exact) mass is 425 g/mol. The Morgan fingerprint density at radius 2 is 1.41 bits per heavy atom. The molecule has 0 spiro atoms. The largest absolute Gasteiger partial charge is 4.00 e. The molecule has 1 aromatic rings. The Balaban J connectivity index is -0.000000490. The van der Waals surface area contributed by atoms with Crippen LogP contribution in [-0.2, 0) is 21.1 Å². The normalized spacial score (nSPS) is 12.5. The van der Waals surface area contributed by atoms with Crippen molar-refractivity contribution in [2.45, 2.75) is 0 Å². The van der Waals surface area contributed by atoms with Crippen molar-refractivity contribution in [1.29, 1.82) is 0 Å². The van der Waals surface area contributed by atoms with Gasteiger partial charge in [-0.15, -0.1) is 18.1 Å². The van der Waals surface area contributed by atoms with Crippen LogP contribution in [-0.4, -0.2) is 9.52 Å². The van der Waals surface area contributed by atoms with Crippen LogP contribution >= 0.6 is 0 Å². The Hall–Kier alpha value is -0.395. The van der Waals surface area contributed by atoms with Crippen LogP contribution in [0.2, 0.25) is 0 Å². The maximum Gasteiger partial charge on any atom is 4.00 e. The van der Waals surface area contributed by atoms with Crippen molar-refractivity contribution in [2.75, 3.05) is 0 Å². The summed E-state index contributed by atoms with van der Waals surface area (Å²) in [6.45, 7) is 0. The third kappa shape index (κ3) is 7.52. The molecule has 1 aliphatic carbocycles. The minimum Gasteiger partial charge on any atom is -0.358 e. The molecule has 0 amide bonds. The van der Waals surface area contributed by atoms with Crippen LogP contribution in [0, 0.1) is 34.2 Å². The number of allylic oxidation sites excluding steroid dienone is 4. The van der Waals surface area contributed by atoms with E-state index in [1.807, 2.05) is 0 Å². The maximum atomic E-state index is 2.47. The summed E-state index contributed by atoms with van der Waals surface area (Å²) >= 11 is 0. The Morgan fingerprint density at radius 3 is 1.94 bits per heavy atom.